The maximum absolute atomic E-state index is 14.5. The van der Waals surface area contributed by atoms with Crippen molar-refractivity contribution < 1.29 is 149 Å². The zero-order chi connectivity index (χ0) is 88.7. The molecule has 674 valence electrons. The summed E-state index contributed by atoms with van der Waals surface area (Å²) >= 11 is 3.33. The summed E-state index contributed by atoms with van der Waals surface area (Å²) in [7, 11) is 7.10. The summed E-state index contributed by atoms with van der Waals surface area (Å²) < 4.78 is 77.9. The van der Waals surface area contributed by atoms with E-state index in [0.717, 1.165) is 25.7 Å². The van der Waals surface area contributed by atoms with Gasteiger partial charge >= 0.3 is 29.8 Å². The number of hydrogen-bond acceptors (Lipinski definition) is 32. The van der Waals surface area contributed by atoms with Crippen LogP contribution in [0.1, 0.15) is 179 Å². The van der Waals surface area contributed by atoms with Crippen LogP contribution in [0.3, 0.4) is 0 Å². The van der Waals surface area contributed by atoms with Crippen LogP contribution in [-0.4, -0.2) is 279 Å². The highest BCUT2D eigenvalue weighted by Crippen LogP contribution is 2.33. The second-order valence-corrected chi connectivity index (χ2v) is 29.5. The van der Waals surface area contributed by atoms with Crippen LogP contribution < -0.4 is 27.0 Å². The Morgan fingerprint density at radius 2 is 1.09 bits per heavy atom. The molecule has 2 aliphatic rings. The van der Waals surface area contributed by atoms with Gasteiger partial charge in [-0.15, -0.1) is 11.8 Å². The fraction of sp³-hybridized carbons (Fsp3) is 0.718. The van der Waals surface area contributed by atoms with Gasteiger partial charge in [-0.1, -0.05) is 34.6 Å². The minimum Gasteiger partial charge on any atom is -0.481 e. The van der Waals surface area contributed by atoms with Crippen molar-refractivity contribution in [3.05, 3.63) is 55.1 Å². The minimum atomic E-state index is -0.999. The van der Waals surface area contributed by atoms with Crippen LogP contribution in [0.4, 0.5) is 15.9 Å². The number of anilines is 2. The van der Waals surface area contributed by atoms with Gasteiger partial charge in [0.05, 0.1) is 74.0 Å². The van der Waals surface area contributed by atoms with E-state index in [1.807, 2.05) is 57.2 Å². The van der Waals surface area contributed by atoms with Crippen molar-refractivity contribution in [2.75, 3.05) is 119 Å². The largest absolute Gasteiger partial charge is 0.481 e. The van der Waals surface area contributed by atoms with Gasteiger partial charge in [-0.3, -0.25) is 67.0 Å². The van der Waals surface area contributed by atoms with Crippen LogP contribution in [0.2, 0.25) is 0 Å². The number of benzene rings is 1. The first-order valence-electron chi connectivity index (χ1n) is 39.4. The Morgan fingerprint density at radius 3 is 1.53 bits per heavy atom. The third-order valence-electron chi connectivity index (χ3n) is 18.1. The SMILES string of the molecule is CCC(=O)C1CCC(CN2C(=O)CC(SCCNC(=O)CCCC(=O)OCC(OC)OC(CC)CO)C2=O)CC1.CCC(CO)OC(CO)OC.CCC(CO)OC(COC(=O)CCCC(=O)N[C@@H](C)C(=O)OCCONC(=O)c1cc(C)c(=O)n(C)c1Nc1ccc(I)cc1F)OC.CCC(CO)OC(COC(=O)CCCC(=O)O)OC. The van der Waals surface area contributed by atoms with Gasteiger partial charge in [0, 0.05) is 121 Å². The average molecular weight is 1820 g/mol. The van der Waals surface area contributed by atoms with E-state index in [9.17, 15) is 72.1 Å². The number of hydrogen-bond donors (Lipinski definition) is 10. The summed E-state index contributed by atoms with van der Waals surface area (Å²) in [5, 5.41) is 60.8. The van der Waals surface area contributed by atoms with E-state index in [4.69, 9.17) is 82.1 Å². The van der Waals surface area contributed by atoms with E-state index in [-0.39, 0.29) is 194 Å². The molecule has 10 atom stereocenters. The molecule has 2 fully saturated rings. The number of aliphatic hydroxyl groups is 5. The van der Waals surface area contributed by atoms with Gasteiger partial charge in [0.25, 0.3) is 11.5 Å². The lowest BCUT2D eigenvalue weighted by Crippen LogP contribution is -2.40. The standard InChI is InChI=1S/C31H42FIN4O11.C28H46N2O9S.C12H22O7.C7H16O4/c1-6-21(16-38)48-27(44-5)17-46-26(40)9-7-8-25(39)34-19(3)31(43)45-12-13-47-36-29(41)22-14-18(2)30(42)37(4)28(22)35-24-11-10-20(33)15-23(24)32;1-4-21(17-31)39-27(37-3)18-38-26(35)8-6-7-24(33)29-13-14-40-23-15-25(34)30(28(23)36)16-19-9-11-20(12-10-19)22(32)5-2;1-3-9(7-13)19-12(17-2)8-18-11(16)6-4-5-10(14)15;1-3-6(4-8)11-7(5-9)10-2/h10-11,14-15,19,21,27,35,38H,6-9,12-13,16-17H2,1-5H3,(H,34,39)(H,36,41);19-21,23,27,31H,4-18H2,1-3H3,(H,29,33);9,12-13H,3-8H2,1-2H3,(H,14,15);6-9H,3-5H2,1-2H3/t19-,21?,27?;;;/m0.../s1. The number of ketones is 1. The van der Waals surface area contributed by atoms with Crippen molar-refractivity contribution in [3.63, 3.8) is 0 Å². The second kappa shape index (κ2) is 63.9. The number of aromatic nitrogens is 1. The van der Waals surface area contributed by atoms with E-state index in [2.05, 4.69) is 21.4 Å². The molecule has 10 N–H and O–H groups in total. The summed E-state index contributed by atoms with van der Waals surface area (Å²) in [4.78, 5) is 151. The van der Waals surface area contributed by atoms with Crippen LogP contribution in [0.25, 0.3) is 0 Å². The van der Waals surface area contributed by atoms with E-state index in [1.165, 1.54) is 88.8 Å². The Labute approximate surface area is 706 Å². The molecule has 0 bridgehead atoms. The molecule has 1 aliphatic carbocycles. The quantitative estimate of drug-likeness (QED) is 0.00803. The number of Topliss-reactive ketones (excluding diaryl/α,β-unsaturated/α-hetero) is 1. The van der Waals surface area contributed by atoms with Crippen molar-refractivity contribution in [3.8, 4) is 0 Å². The lowest BCUT2D eigenvalue weighted by molar-refractivity contribution is -0.194. The number of imide groups is 1. The number of ether oxygens (including phenoxy) is 12. The van der Waals surface area contributed by atoms with Crippen molar-refractivity contribution in [1.82, 2.24) is 25.6 Å². The number of aryl methyl sites for hydroxylation is 1. The van der Waals surface area contributed by atoms with E-state index >= 15 is 0 Å². The van der Waals surface area contributed by atoms with Gasteiger partial charge in [-0.05, 0) is 137 Å². The number of pyridine rings is 1. The number of hydroxylamine groups is 1. The van der Waals surface area contributed by atoms with Gasteiger partial charge in [0.2, 0.25) is 23.6 Å². The number of rotatable bonds is 56. The number of carbonyl (C=O) groups excluding carboxylic acids is 10. The number of methoxy groups -OCH3 is 4. The molecule has 0 radical (unpaired) electrons. The Hall–Kier alpha value is -7.01. The number of aliphatic carboxylic acids is 1. The fourth-order valence-electron chi connectivity index (χ4n) is 10.9. The number of nitrogens with one attached hydrogen (secondary N) is 4. The molecule has 118 heavy (non-hydrogen) atoms. The Morgan fingerprint density at radius 1 is 0.619 bits per heavy atom. The highest BCUT2D eigenvalue weighted by molar-refractivity contribution is 14.1. The zero-order valence-electron chi connectivity index (χ0n) is 69.8. The predicted octanol–water partition coefficient (Wildman–Crippen LogP) is 4.87. The van der Waals surface area contributed by atoms with Crippen molar-refractivity contribution in [2.24, 2.45) is 18.9 Å². The smallest absolute Gasteiger partial charge is 0.328 e. The molecule has 0 spiro atoms. The van der Waals surface area contributed by atoms with Crippen LogP contribution in [-0.2, 0) is 117 Å². The molecular formula is C78H126FIN6O31S. The van der Waals surface area contributed by atoms with Crippen LogP contribution in [0, 0.1) is 28.1 Å². The van der Waals surface area contributed by atoms with Crippen LogP contribution in [0.5, 0.6) is 0 Å². The summed E-state index contributed by atoms with van der Waals surface area (Å²) in [6.07, 6.45) is 3.01. The third kappa shape index (κ3) is 45.0. The number of nitrogens with zero attached hydrogens (tertiary/aromatic N) is 2. The lowest BCUT2D eigenvalue weighted by Gasteiger charge is -2.30. The monoisotopic (exact) mass is 1820 g/mol. The molecule has 1 saturated heterocycles. The second-order valence-electron chi connectivity index (χ2n) is 27.0. The van der Waals surface area contributed by atoms with Crippen molar-refractivity contribution in [2.45, 2.75) is 231 Å². The van der Waals surface area contributed by atoms with Crippen LogP contribution in [0.15, 0.2) is 29.1 Å². The molecule has 2 heterocycles. The Kier molecular flexibility index (Phi) is 59.0. The first-order chi connectivity index (χ1) is 56.3. The maximum Gasteiger partial charge on any atom is 0.328 e. The van der Waals surface area contributed by atoms with Gasteiger partial charge in [0.15, 0.2) is 25.2 Å². The normalized spacial score (nSPS) is 16.7. The van der Waals surface area contributed by atoms with Crippen LogP contribution >= 0.6 is 34.4 Å². The molecule has 9 unspecified atom stereocenters. The molecular weight excluding hydrogens is 1690 g/mol. The highest BCUT2D eigenvalue weighted by atomic mass is 127. The van der Waals surface area contributed by atoms with Gasteiger partial charge < -0.3 is 103 Å². The molecule has 37 nitrogen and oxygen atoms in total. The molecule has 1 aliphatic heterocycles. The highest BCUT2D eigenvalue weighted by Gasteiger charge is 2.40. The van der Waals surface area contributed by atoms with E-state index in [0.29, 0.717) is 66.7 Å². The predicted molar refractivity (Wildman–Crippen MR) is 433 cm³/mol. The summed E-state index contributed by atoms with van der Waals surface area (Å²) in [6, 6.07) is 4.78. The molecule has 2 aromatic rings. The summed E-state index contributed by atoms with van der Waals surface area (Å²) in [6.45, 7) is 11.5. The van der Waals surface area contributed by atoms with E-state index in [1.54, 1.807) is 6.07 Å². The van der Waals surface area contributed by atoms with Gasteiger partial charge in [0.1, 0.15) is 56.5 Å². The number of carboxylic acids is 1. The third-order valence-corrected chi connectivity index (χ3v) is 20.0. The first kappa shape index (κ1) is 109. The summed E-state index contributed by atoms with van der Waals surface area (Å²) in [5.74, 6) is -4.31. The first-order valence-corrected chi connectivity index (χ1v) is 41.5. The molecule has 40 heteroatoms. The van der Waals surface area contributed by atoms with Gasteiger partial charge in [-0.25, -0.2) is 14.7 Å². The molecule has 5 amide bonds. The average Bonchev–Trinajstić information content (AvgIpc) is 0.954. The molecule has 4 rings (SSSR count). The van der Waals surface area contributed by atoms with E-state index < -0.39 is 96.1 Å². The Bertz CT molecular complexity index is 3350. The number of thioether (sulfide) groups is 1. The van der Waals surface area contributed by atoms with Crippen molar-refractivity contribution in [1.29, 1.82) is 0 Å². The number of halogens is 2. The minimum absolute atomic E-state index is 0.00508. The number of esters is 4. The van der Waals surface area contributed by atoms with Gasteiger partial charge in [-0.2, -0.15) is 0 Å². The fourth-order valence-corrected chi connectivity index (χ4v) is 12.4. The lowest BCUT2D eigenvalue weighted by atomic mass is 9.79. The summed E-state index contributed by atoms with van der Waals surface area (Å²) in [5.41, 5.74) is 2.15. The number of amides is 5. The number of carbonyl (C=O) groups is 11. The maximum atomic E-state index is 14.5. The molecule has 1 aromatic heterocycles. The molecule has 1 aromatic carbocycles. The molecule has 1 saturated carbocycles. The van der Waals surface area contributed by atoms with Crippen molar-refractivity contribution >= 4 is 111 Å². The Balaban J connectivity index is 0.000000886. The number of aliphatic hydroxyl groups excluding tert-OH is 5. The number of likely N-dealkylation sites (tertiary alicyclic amines) is 1. The number of carboxylic acid groups (broad SMARTS) is 1. The zero-order valence-corrected chi connectivity index (χ0v) is 72.8. The topological polar surface area (TPSA) is 502 Å².